The SMILES string of the molecule is C.CC(N(C)C)N(CN(C)C)CN(C)C.CN(C)C.CN(C)C(N(C)C)N(C)C.CN(C)CN(C)C.CN(C)CN(C)CN(C)CN(C)C. The van der Waals surface area contributed by atoms with E-state index < -0.39 is 0 Å². The van der Waals surface area contributed by atoms with Gasteiger partial charge in [-0.05, 0) is 183 Å². The largest absolute Gasteiger partial charge is 0.312 e. The highest BCUT2D eigenvalue weighted by molar-refractivity contribution is 4.63. The molecule has 0 amide bonds. The fraction of sp³-hybridized carbons (Fsp3) is 1.00. The van der Waals surface area contributed by atoms with Crippen molar-refractivity contribution in [1.29, 1.82) is 0 Å². The Morgan fingerprint density at radius 2 is 0.531 bits per heavy atom. The Kier molecular flexibility index (Phi) is 44.3. The third-order valence-electron chi connectivity index (χ3n) is 5.69. The second kappa shape index (κ2) is 35.8. The van der Waals surface area contributed by atoms with E-state index >= 15 is 0 Å². The highest BCUT2D eigenvalue weighted by Gasteiger charge is 2.16. The van der Waals surface area contributed by atoms with Gasteiger partial charge >= 0.3 is 0 Å². The molecule has 0 radical (unpaired) electrons. The normalized spacial score (nSPS) is 12.4. The molecule has 0 bridgehead atoms. The fourth-order valence-electron chi connectivity index (χ4n) is 4.75. The predicted octanol–water partition coefficient (Wildman–Crippen LogP) is 0.916. The minimum atomic E-state index is 0. The molecule has 0 aliphatic rings. The molecule has 0 heterocycles. The second-order valence-electron chi connectivity index (χ2n) is 15.8. The standard InChI is InChI=1S/C10H26N4.C9H24N4.C7H19N3.C5H14N2.C3H9N.CH4/c1-10(13(6)7)14(8-11(2)3)9-12(4)5;1-10(2)7-12(5)9-13(6)8-11(3)4;1-8(2)7(9(3)4)10(5)6;1-6(2)5-7(3)4;1-4(2)3;/h10H,8-9H2,1-7H3;7-9H2,1-6H3;7H,1-6H3;5H2,1-4H3;1-3H3;1H4. The monoisotopic (exact) mass is 713 g/mol. The molecule has 1 atom stereocenters. The molecule has 0 aromatic carbocycles. The van der Waals surface area contributed by atoms with Crippen LogP contribution >= 0.6 is 0 Å². The van der Waals surface area contributed by atoms with Crippen LogP contribution in [0.2, 0.25) is 0 Å². The first-order chi connectivity index (χ1) is 21.6. The van der Waals surface area contributed by atoms with Gasteiger partial charge in [-0.2, -0.15) is 0 Å². The Hall–Kier alpha value is -0.560. The minimum Gasteiger partial charge on any atom is -0.312 e. The maximum Gasteiger partial charge on any atom is 0.118 e. The predicted molar refractivity (Wildman–Crippen MR) is 223 cm³/mol. The summed E-state index contributed by atoms with van der Waals surface area (Å²) in [6, 6.07) is 0. The van der Waals surface area contributed by atoms with Gasteiger partial charge in [0.15, 0.2) is 0 Å². The van der Waals surface area contributed by atoms with E-state index in [4.69, 9.17) is 0 Å². The van der Waals surface area contributed by atoms with Gasteiger partial charge in [0.05, 0.1) is 39.5 Å². The summed E-state index contributed by atoms with van der Waals surface area (Å²) in [7, 11) is 51.9. The molecule has 0 rings (SSSR count). The van der Waals surface area contributed by atoms with Crippen molar-refractivity contribution in [2.75, 3.05) is 216 Å². The van der Waals surface area contributed by atoms with E-state index in [0.29, 0.717) is 12.5 Å². The van der Waals surface area contributed by atoms with E-state index in [1.165, 1.54) is 0 Å². The summed E-state index contributed by atoms with van der Waals surface area (Å²) in [5.41, 5.74) is 0. The lowest BCUT2D eigenvalue weighted by Gasteiger charge is -2.36. The summed E-state index contributed by atoms with van der Waals surface area (Å²) >= 11 is 0. The summed E-state index contributed by atoms with van der Waals surface area (Å²) in [5, 5.41) is 0. The van der Waals surface area contributed by atoms with Gasteiger partial charge in [-0.25, -0.2) is 0 Å². The topological polar surface area (TPSA) is 45.4 Å². The van der Waals surface area contributed by atoms with Crippen LogP contribution in [-0.4, -0.2) is 297 Å². The molecule has 0 N–H and O–H groups in total. The maximum absolute atomic E-state index is 2.42. The fourth-order valence-corrected chi connectivity index (χ4v) is 4.75. The van der Waals surface area contributed by atoms with Crippen LogP contribution in [0.15, 0.2) is 0 Å². The van der Waals surface area contributed by atoms with Crippen LogP contribution in [0.4, 0.5) is 0 Å². The van der Waals surface area contributed by atoms with Crippen LogP contribution in [0.5, 0.6) is 0 Å². The number of rotatable bonds is 17. The lowest BCUT2D eigenvalue weighted by atomic mass is 10.4. The van der Waals surface area contributed by atoms with Gasteiger partial charge in [-0.15, -0.1) is 0 Å². The molecule has 49 heavy (non-hydrogen) atoms. The van der Waals surface area contributed by atoms with E-state index in [9.17, 15) is 0 Å². The zero-order chi connectivity index (χ0) is 39.5. The first-order valence-corrected chi connectivity index (χ1v) is 16.8. The van der Waals surface area contributed by atoms with Crippen LogP contribution in [0.1, 0.15) is 14.4 Å². The molecule has 0 aromatic rings. The van der Waals surface area contributed by atoms with E-state index in [1.807, 2.05) is 26.0 Å². The average Bonchev–Trinajstić information content (AvgIpc) is 2.80. The Morgan fingerprint density at radius 1 is 0.306 bits per heavy atom. The first kappa shape index (κ1) is 60.5. The van der Waals surface area contributed by atoms with Crippen molar-refractivity contribution in [2.45, 2.75) is 26.8 Å². The average molecular weight is 713 g/mol. The second-order valence-corrected chi connectivity index (χ2v) is 15.8. The zero-order valence-electron chi connectivity index (χ0n) is 37.7. The summed E-state index contributed by atoms with van der Waals surface area (Å²) in [5.74, 6) is 0. The number of hydrogen-bond donors (Lipinski definition) is 0. The molecule has 306 valence electrons. The van der Waals surface area contributed by atoms with Crippen LogP contribution in [0.25, 0.3) is 0 Å². The third-order valence-corrected chi connectivity index (χ3v) is 5.69. The van der Waals surface area contributed by atoms with Crippen molar-refractivity contribution >= 4 is 0 Å². The molecular formula is C35H96N14. The van der Waals surface area contributed by atoms with Crippen LogP contribution in [-0.2, 0) is 0 Å². The molecule has 0 aliphatic carbocycles. The lowest BCUT2D eigenvalue weighted by Crippen LogP contribution is -2.50. The number of nitrogens with zero attached hydrogens (tertiary/aromatic N) is 14. The molecule has 0 aromatic heterocycles. The summed E-state index contributed by atoms with van der Waals surface area (Å²) < 4.78 is 0. The molecule has 0 saturated heterocycles. The van der Waals surface area contributed by atoms with Gasteiger partial charge in [-0.3, -0.25) is 63.7 Å². The van der Waals surface area contributed by atoms with Gasteiger partial charge in [0.25, 0.3) is 0 Å². The van der Waals surface area contributed by atoms with Crippen LogP contribution < -0.4 is 0 Å². The highest BCUT2D eigenvalue weighted by atomic mass is 15.5. The Bertz CT molecular complexity index is 590. The van der Waals surface area contributed by atoms with Crippen molar-refractivity contribution in [1.82, 2.24) is 68.6 Å². The molecule has 0 spiro atoms. The molecule has 0 saturated carbocycles. The van der Waals surface area contributed by atoms with Gasteiger partial charge < -0.3 is 4.90 Å². The van der Waals surface area contributed by atoms with E-state index in [2.05, 4.69) is 226 Å². The molecule has 1 unspecified atom stereocenters. The summed E-state index contributed by atoms with van der Waals surface area (Å²) in [4.78, 5) is 30.7. The first-order valence-electron chi connectivity index (χ1n) is 16.8. The van der Waals surface area contributed by atoms with Crippen molar-refractivity contribution in [3.63, 3.8) is 0 Å². The molecule has 14 heteroatoms. The van der Waals surface area contributed by atoms with Crippen molar-refractivity contribution < 1.29 is 0 Å². The zero-order valence-corrected chi connectivity index (χ0v) is 37.7. The molecular weight excluding hydrogens is 616 g/mol. The van der Waals surface area contributed by atoms with Crippen molar-refractivity contribution in [3.8, 4) is 0 Å². The van der Waals surface area contributed by atoms with Crippen LogP contribution in [0.3, 0.4) is 0 Å². The molecule has 0 fully saturated rings. The Balaban J connectivity index is -0.000000123. The van der Waals surface area contributed by atoms with Gasteiger partial charge in [-0.1, -0.05) is 7.43 Å². The van der Waals surface area contributed by atoms with E-state index in [0.717, 1.165) is 40.0 Å². The van der Waals surface area contributed by atoms with E-state index in [-0.39, 0.29) is 7.43 Å². The van der Waals surface area contributed by atoms with Crippen molar-refractivity contribution in [2.24, 2.45) is 0 Å². The maximum atomic E-state index is 2.42. The van der Waals surface area contributed by atoms with Gasteiger partial charge in [0, 0.05) is 6.67 Å². The Morgan fingerprint density at radius 3 is 0.653 bits per heavy atom. The van der Waals surface area contributed by atoms with Gasteiger partial charge in [0.2, 0.25) is 0 Å². The van der Waals surface area contributed by atoms with Crippen molar-refractivity contribution in [3.05, 3.63) is 0 Å². The summed E-state index contributed by atoms with van der Waals surface area (Å²) in [6.45, 7) is 8.22. The minimum absolute atomic E-state index is 0. The third kappa shape index (κ3) is 51.9. The molecule has 0 aliphatic heterocycles. The smallest absolute Gasteiger partial charge is 0.118 e. The van der Waals surface area contributed by atoms with Gasteiger partial charge in [0.1, 0.15) is 6.29 Å². The van der Waals surface area contributed by atoms with E-state index in [1.54, 1.807) is 0 Å². The molecule has 14 nitrogen and oxygen atoms in total. The Labute approximate surface area is 311 Å². The summed E-state index contributed by atoms with van der Waals surface area (Å²) in [6.07, 6.45) is 0.847. The highest BCUT2D eigenvalue weighted by Crippen LogP contribution is 2.03. The number of hydrogen-bond acceptors (Lipinski definition) is 14. The van der Waals surface area contributed by atoms with Crippen LogP contribution in [0, 0.1) is 0 Å². The lowest BCUT2D eigenvalue weighted by molar-refractivity contribution is 0.00961. The quantitative estimate of drug-likeness (QED) is 0.201.